The second-order valence-corrected chi connectivity index (χ2v) is 6.36. The molecule has 3 heterocycles. The molecule has 0 spiro atoms. The van der Waals surface area contributed by atoms with Gasteiger partial charge in [0.05, 0.1) is 24.2 Å². The Morgan fingerprint density at radius 2 is 2.08 bits per heavy atom. The van der Waals surface area contributed by atoms with E-state index in [-0.39, 0.29) is 0 Å². The van der Waals surface area contributed by atoms with E-state index in [4.69, 9.17) is 9.72 Å². The molecule has 5 nitrogen and oxygen atoms in total. The number of fused-ring (bicyclic) bond motifs is 1. The average Bonchev–Trinajstić information content (AvgIpc) is 3.20. The van der Waals surface area contributed by atoms with E-state index in [9.17, 15) is 0 Å². The lowest BCUT2D eigenvalue weighted by Gasteiger charge is -2.24. The Labute approximate surface area is 141 Å². The minimum atomic E-state index is 0.365. The zero-order valence-corrected chi connectivity index (χ0v) is 14.1. The Kier molecular flexibility index (Phi) is 3.94. The number of ether oxygens (including phenoxy) is 1. The van der Waals surface area contributed by atoms with E-state index in [1.807, 2.05) is 12.3 Å². The SMILES string of the molecule is COc1ccc(CN2CCC[C@@H]2c2nc3ccccc3n2C)cn1. The fourth-order valence-corrected chi connectivity index (χ4v) is 3.63. The highest BCUT2D eigenvalue weighted by molar-refractivity contribution is 5.75. The van der Waals surface area contributed by atoms with Crippen molar-refractivity contribution in [1.82, 2.24) is 19.4 Å². The number of hydrogen-bond acceptors (Lipinski definition) is 4. The number of aromatic nitrogens is 3. The van der Waals surface area contributed by atoms with Crippen LogP contribution < -0.4 is 4.74 Å². The van der Waals surface area contributed by atoms with Gasteiger partial charge in [-0.25, -0.2) is 9.97 Å². The van der Waals surface area contributed by atoms with Crippen molar-refractivity contribution in [2.24, 2.45) is 7.05 Å². The molecule has 1 aliphatic heterocycles. The van der Waals surface area contributed by atoms with Gasteiger partial charge in [0, 0.05) is 25.9 Å². The van der Waals surface area contributed by atoms with Crippen LogP contribution in [0, 0.1) is 0 Å². The van der Waals surface area contributed by atoms with Crippen LogP contribution in [-0.4, -0.2) is 33.1 Å². The van der Waals surface area contributed by atoms with E-state index in [0.29, 0.717) is 11.9 Å². The van der Waals surface area contributed by atoms with Crippen molar-refractivity contribution in [3.63, 3.8) is 0 Å². The molecule has 0 unspecified atom stereocenters. The van der Waals surface area contributed by atoms with Crippen LogP contribution in [0.15, 0.2) is 42.6 Å². The maximum absolute atomic E-state index is 5.14. The summed E-state index contributed by atoms with van der Waals surface area (Å²) in [5, 5.41) is 0. The minimum Gasteiger partial charge on any atom is -0.481 e. The van der Waals surface area contributed by atoms with Gasteiger partial charge in [-0.15, -0.1) is 0 Å². The summed E-state index contributed by atoms with van der Waals surface area (Å²) >= 11 is 0. The van der Waals surface area contributed by atoms with Gasteiger partial charge in [-0.05, 0) is 37.1 Å². The first kappa shape index (κ1) is 15.1. The molecule has 1 saturated heterocycles. The van der Waals surface area contributed by atoms with Crippen molar-refractivity contribution in [2.45, 2.75) is 25.4 Å². The number of hydrogen-bond donors (Lipinski definition) is 0. The number of likely N-dealkylation sites (tertiary alicyclic amines) is 1. The largest absolute Gasteiger partial charge is 0.481 e. The van der Waals surface area contributed by atoms with Crippen LogP contribution >= 0.6 is 0 Å². The summed E-state index contributed by atoms with van der Waals surface area (Å²) in [5.74, 6) is 1.82. The summed E-state index contributed by atoms with van der Waals surface area (Å²) < 4.78 is 7.38. The quantitative estimate of drug-likeness (QED) is 0.739. The van der Waals surface area contributed by atoms with Crippen LogP contribution in [-0.2, 0) is 13.6 Å². The van der Waals surface area contributed by atoms with Crippen LogP contribution in [0.5, 0.6) is 5.88 Å². The second kappa shape index (κ2) is 6.24. The highest BCUT2D eigenvalue weighted by Crippen LogP contribution is 2.33. The molecule has 0 N–H and O–H groups in total. The number of pyridine rings is 1. The van der Waals surface area contributed by atoms with E-state index in [1.54, 1.807) is 7.11 Å². The Balaban J connectivity index is 1.60. The van der Waals surface area contributed by atoms with Crippen molar-refractivity contribution in [2.75, 3.05) is 13.7 Å². The first-order chi connectivity index (χ1) is 11.8. The third-order valence-corrected chi connectivity index (χ3v) is 4.88. The van der Waals surface area contributed by atoms with Crippen LogP contribution in [0.3, 0.4) is 0 Å². The van der Waals surface area contributed by atoms with Gasteiger partial charge in [0.2, 0.25) is 5.88 Å². The van der Waals surface area contributed by atoms with Gasteiger partial charge in [0.25, 0.3) is 0 Å². The fraction of sp³-hybridized carbons (Fsp3) is 0.368. The zero-order valence-electron chi connectivity index (χ0n) is 14.1. The number of rotatable bonds is 4. The molecular formula is C19H22N4O. The van der Waals surface area contributed by atoms with E-state index >= 15 is 0 Å². The Morgan fingerprint density at radius 3 is 2.83 bits per heavy atom. The van der Waals surface area contributed by atoms with Gasteiger partial charge in [-0.2, -0.15) is 0 Å². The number of nitrogens with zero attached hydrogens (tertiary/aromatic N) is 4. The number of methoxy groups -OCH3 is 1. The normalized spacial score (nSPS) is 18.3. The third-order valence-electron chi connectivity index (χ3n) is 4.88. The summed E-state index contributed by atoms with van der Waals surface area (Å²) in [6.45, 7) is 1.99. The van der Waals surface area contributed by atoms with Gasteiger partial charge >= 0.3 is 0 Å². The first-order valence-corrected chi connectivity index (χ1v) is 8.40. The molecule has 2 aromatic heterocycles. The summed E-state index contributed by atoms with van der Waals surface area (Å²) in [5.41, 5.74) is 3.49. The number of aryl methyl sites for hydroxylation is 1. The second-order valence-electron chi connectivity index (χ2n) is 6.36. The molecule has 0 saturated carbocycles. The van der Waals surface area contributed by atoms with E-state index in [2.05, 4.69) is 51.8 Å². The van der Waals surface area contributed by atoms with Crippen LogP contribution in [0.25, 0.3) is 11.0 Å². The lowest BCUT2D eigenvalue weighted by molar-refractivity contribution is 0.236. The Bertz CT molecular complexity index is 840. The van der Waals surface area contributed by atoms with Crippen molar-refractivity contribution in [3.05, 3.63) is 54.0 Å². The van der Waals surface area contributed by atoms with Crippen molar-refractivity contribution >= 4 is 11.0 Å². The van der Waals surface area contributed by atoms with Gasteiger partial charge in [0.15, 0.2) is 0 Å². The lowest BCUT2D eigenvalue weighted by Crippen LogP contribution is -2.25. The van der Waals surface area contributed by atoms with Crippen molar-refractivity contribution < 1.29 is 4.74 Å². The Morgan fingerprint density at radius 1 is 1.21 bits per heavy atom. The van der Waals surface area contributed by atoms with Gasteiger partial charge in [0.1, 0.15) is 5.82 Å². The molecule has 0 amide bonds. The van der Waals surface area contributed by atoms with Crippen LogP contribution in [0.1, 0.15) is 30.3 Å². The van der Waals surface area contributed by atoms with E-state index in [1.165, 1.54) is 17.5 Å². The molecule has 1 atom stereocenters. The van der Waals surface area contributed by atoms with Crippen LogP contribution in [0.4, 0.5) is 0 Å². The molecule has 1 fully saturated rings. The highest BCUT2D eigenvalue weighted by atomic mass is 16.5. The fourth-order valence-electron chi connectivity index (χ4n) is 3.63. The first-order valence-electron chi connectivity index (χ1n) is 8.40. The number of para-hydroxylation sites is 2. The summed E-state index contributed by atoms with van der Waals surface area (Å²) in [4.78, 5) is 11.7. The molecule has 0 radical (unpaired) electrons. The Hall–Kier alpha value is -2.40. The topological polar surface area (TPSA) is 43.2 Å². The lowest BCUT2D eigenvalue weighted by atomic mass is 10.2. The third kappa shape index (κ3) is 2.65. The van der Waals surface area contributed by atoms with Gasteiger partial charge in [-0.3, -0.25) is 4.90 Å². The molecular weight excluding hydrogens is 300 g/mol. The summed E-state index contributed by atoms with van der Waals surface area (Å²) in [7, 11) is 3.76. The molecule has 5 heteroatoms. The van der Waals surface area contributed by atoms with Gasteiger partial charge in [-0.1, -0.05) is 18.2 Å². The molecule has 3 aromatic rings. The van der Waals surface area contributed by atoms with E-state index < -0.39 is 0 Å². The molecule has 0 aliphatic carbocycles. The maximum Gasteiger partial charge on any atom is 0.212 e. The predicted molar refractivity (Wildman–Crippen MR) is 93.9 cm³/mol. The van der Waals surface area contributed by atoms with Crippen molar-refractivity contribution in [1.29, 1.82) is 0 Å². The average molecular weight is 322 g/mol. The molecule has 0 bridgehead atoms. The minimum absolute atomic E-state index is 0.365. The highest BCUT2D eigenvalue weighted by Gasteiger charge is 2.29. The molecule has 4 rings (SSSR count). The summed E-state index contributed by atoms with van der Waals surface area (Å²) in [6, 6.07) is 12.7. The smallest absolute Gasteiger partial charge is 0.212 e. The molecule has 124 valence electrons. The predicted octanol–water partition coefficient (Wildman–Crippen LogP) is 3.31. The number of benzene rings is 1. The monoisotopic (exact) mass is 322 g/mol. The zero-order chi connectivity index (χ0) is 16.5. The summed E-state index contributed by atoms with van der Waals surface area (Å²) in [6.07, 6.45) is 4.27. The molecule has 24 heavy (non-hydrogen) atoms. The molecule has 1 aromatic carbocycles. The van der Waals surface area contributed by atoms with Gasteiger partial charge < -0.3 is 9.30 Å². The maximum atomic E-state index is 5.14. The van der Waals surface area contributed by atoms with Crippen molar-refractivity contribution in [3.8, 4) is 5.88 Å². The van der Waals surface area contributed by atoms with E-state index in [0.717, 1.165) is 30.9 Å². The van der Waals surface area contributed by atoms with Crippen LogP contribution in [0.2, 0.25) is 0 Å². The number of imidazole rings is 1. The molecule has 1 aliphatic rings. The standard InChI is InChI=1S/C19H22N4O/c1-22-16-7-4-3-6-15(16)21-19(22)17-8-5-11-23(17)13-14-9-10-18(24-2)20-12-14/h3-4,6-7,9-10,12,17H,5,8,11,13H2,1-2H3/t17-/m1/s1.